The lowest BCUT2D eigenvalue weighted by molar-refractivity contribution is 0.602. The Morgan fingerprint density at radius 1 is 1.28 bits per heavy atom. The summed E-state index contributed by atoms with van der Waals surface area (Å²) < 4.78 is 24.3. The van der Waals surface area contributed by atoms with Gasteiger partial charge in [0.2, 0.25) is 0 Å². The van der Waals surface area contributed by atoms with Crippen LogP contribution in [-0.2, 0) is 15.6 Å². The molecule has 0 atom stereocenters. The highest BCUT2D eigenvalue weighted by Crippen LogP contribution is 2.15. The normalized spacial score (nSPS) is 11.7. The Kier molecular flexibility index (Phi) is 3.67. The van der Waals surface area contributed by atoms with E-state index in [1.807, 2.05) is 6.26 Å². The van der Waals surface area contributed by atoms with Crippen LogP contribution in [0.2, 0.25) is 0 Å². The maximum atomic E-state index is 11.3. The molecule has 0 N–H and O–H groups in total. The topological polar surface area (TPSA) is 77.7 Å². The largest absolute Gasteiger partial charge is 0.224 e. The molecule has 6 nitrogen and oxygen atoms in total. The second-order valence-electron chi connectivity index (χ2n) is 3.71. The summed E-state index contributed by atoms with van der Waals surface area (Å²) in [7, 11) is -3.17. The molecule has 1 heterocycles. The average Bonchev–Trinajstić information content (AvgIpc) is 2.77. The van der Waals surface area contributed by atoms with Crippen molar-refractivity contribution in [2.45, 2.75) is 10.6 Å². The molecule has 0 spiro atoms. The van der Waals surface area contributed by atoms with E-state index in [2.05, 4.69) is 15.5 Å². The molecular weight excluding hydrogens is 272 g/mol. The minimum atomic E-state index is -3.17. The van der Waals surface area contributed by atoms with Gasteiger partial charge >= 0.3 is 0 Å². The van der Waals surface area contributed by atoms with Gasteiger partial charge < -0.3 is 0 Å². The number of benzene rings is 1. The molecule has 1 aromatic heterocycles. The van der Waals surface area contributed by atoms with Crippen LogP contribution >= 0.6 is 11.8 Å². The Morgan fingerprint density at radius 2 is 1.94 bits per heavy atom. The monoisotopic (exact) mass is 284 g/mol. The third-order valence-corrected chi connectivity index (χ3v) is 3.99. The number of hydrogen-bond acceptors (Lipinski definition) is 6. The summed E-state index contributed by atoms with van der Waals surface area (Å²) in [4.78, 5) is 0.283. The van der Waals surface area contributed by atoms with Gasteiger partial charge in [-0.1, -0.05) is 0 Å². The number of tetrazole rings is 1. The first-order valence-corrected chi connectivity index (χ1v) is 8.37. The zero-order chi connectivity index (χ0) is 13.2. The standard InChI is InChI=1S/C10H12N4O2S2/c1-17-7-10-11-12-13-14(10)8-3-5-9(6-4-8)18(2,15)16/h3-6H,7H2,1-2H3. The van der Waals surface area contributed by atoms with Crippen molar-refractivity contribution >= 4 is 21.6 Å². The van der Waals surface area contributed by atoms with Gasteiger partial charge in [-0.05, 0) is 40.9 Å². The highest BCUT2D eigenvalue weighted by molar-refractivity contribution is 7.97. The average molecular weight is 284 g/mol. The summed E-state index contributed by atoms with van der Waals surface area (Å²) in [6.07, 6.45) is 3.14. The van der Waals surface area contributed by atoms with Gasteiger partial charge in [0.05, 0.1) is 16.3 Å². The molecule has 0 unspecified atom stereocenters. The maximum Gasteiger partial charge on any atom is 0.175 e. The smallest absolute Gasteiger partial charge is 0.175 e. The summed E-state index contributed by atoms with van der Waals surface area (Å²) in [6, 6.07) is 6.48. The van der Waals surface area contributed by atoms with Crippen LogP contribution < -0.4 is 0 Å². The number of nitrogens with zero attached hydrogens (tertiary/aromatic N) is 4. The fourth-order valence-corrected chi connectivity index (χ4v) is 2.53. The minimum Gasteiger partial charge on any atom is -0.224 e. The van der Waals surface area contributed by atoms with Crippen molar-refractivity contribution in [3.8, 4) is 5.69 Å². The molecule has 0 aliphatic heterocycles. The van der Waals surface area contributed by atoms with Crippen LogP contribution in [0.25, 0.3) is 5.69 Å². The summed E-state index contributed by atoms with van der Waals surface area (Å²) in [5, 5.41) is 11.4. The van der Waals surface area contributed by atoms with Crippen LogP contribution in [0.3, 0.4) is 0 Å². The van der Waals surface area contributed by atoms with E-state index in [-0.39, 0.29) is 4.90 Å². The predicted octanol–water partition coefficient (Wildman–Crippen LogP) is 0.929. The zero-order valence-corrected chi connectivity index (χ0v) is 11.6. The molecule has 8 heteroatoms. The van der Waals surface area contributed by atoms with Gasteiger partial charge in [-0.3, -0.25) is 0 Å². The molecule has 0 radical (unpaired) electrons. The van der Waals surface area contributed by atoms with E-state index in [9.17, 15) is 8.42 Å². The Hall–Kier alpha value is -1.41. The first kappa shape index (κ1) is 13.0. The molecule has 0 amide bonds. The van der Waals surface area contributed by atoms with Crippen LogP contribution in [0.15, 0.2) is 29.2 Å². The summed E-state index contributed by atoms with van der Waals surface area (Å²) in [6.45, 7) is 0. The molecule has 0 fully saturated rings. The van der Waals surface area contributed by atoms with Crippen molar-refractivity contribution in [1.82, 2.24) is 20.2 Å². The second-order valence-corrected chi connectivity index (χ2v) is 6.59. The van der Waals surface area contributed by atoms with Gasteiger partial charge in [-0.15, -0.1) is 5.10 Å². The number of hydrogen-bond donors (Lipinski definition) is 0. The molecule has 2 rings (SSSR count). The fourth-order valence-electron chi connectivity index (χ4n) is 1.46. The van der Waals surface area contributed by atoms with Crippen molar-refractivity contribution in [1.29, 1.82) is 0 Å². The van der Waals surface area contributed by atoms with E-state index in [4.69, 9.17) is 0 Å². The van der Waals surface area contributed by atoms with Crippen molar-refractivity contribution in [2.24, 2.45) is 0 Å². The highest BCUT2D eigenvalue weighted by Gasteiger charge is 2.10. The van der Waals surface area contributed by atoms with Gasteiger partial charge in [-0.25, -0.2) is 8.42 Å². The van der Waals surface area contributed by atoms with Crippen molar-refractivity contribution in [3.63, 3.8) is 0 Å². The molecule has 1 aromatic carbocycles. The molecule has 0 aliphatic carbocycles. The fraction of sp³-hybridized carbons (Fsp3) is 0.300. The number of aromatic nitrogens is 4. The summed E-state index contributed by atoms with van der Waals surface area (Å²) in [5.74, 6) is 1.43. The van der Waals surface area contributed by atoms with Gasteiger partial charge in [0.1, 0.15) is 0 Å². The molecule has 0 bridgehead atoms. The Bertz CT molecular complexity index is 634. The van der Waals surface area contributed by atoms with Crippen LogP contribution in [0.1, 0.15) is 5.82 Å². The number of thioether (sulfide) groups is 1. The molecule has 18 heavy (non-hydrogen) atoms. The van der Waals surface area contributed by atoms with E-state index in [1.165, 1.54) is 6.26 Å². The Labute approximate surface area is 109 Å². The van der Waals surface area contributed by atoms with E-state index in [0.717, 1.165) is 11.5 Å². The lowest BCUT2D eigenvalue weighted by Gasteiger charge is -2.04. The van der Waals surface area contributed by atoms with Crippen LogP contribution in [0.4, 0.5) is 0 Å². The van der Waals surface area contributed by atoms with E-state index in [1.54, 1.807) is 40.7 Å². The quantitative estimate of drug-likeness (QED) is 0.831. The lowest BCUT2D eigenvalue weighted by Crippen LogP contribution is -2.03. The summed E-state index contributed by atoms with van der Waals surface area (Å²) >= 11 is 1.62. The highest BCUT2D eigenvalue weighted by atomic mass is 32.2. The number of rotatable bonds is 4. The van der Waals surface area contributed by atoms with Crippen LogP contribution in [0, 0.1) is 0 Å². The molecule has 96 valence electrons. The third-order valence-electron chi connectivity index (χ3n) is 2.32. The second kappa shape index (κ2) is 5.07. The van der Waals surface area contributed by atoms with Crippen molar-refractivity contribution in [3.05, 3.63) is 30.1 Å². The number of sulfone groups is 1. The first-order chi connectivity index (χ1) is 8.52. The minimum absolute atomic E-state index is 0.283. The first-order valence-electron chi connectivity index (χ1n) is 5.09. The van der Waals surface area contributed by atoms with Gasteiger partial charge in [-0.2, -0.15) is 16.4 Å². The Morgan fingerprint density at radius 3 is 2.50 bits per heavy atom. The molecule has 0 saturated heterocycles. The van der Waals surface area contributed by atoms with E-state index < -0.39 is 9.84 Å². The SMILES string of the molecule is CSCc1nnnn1-c1ccc(S(C)(=O)=O)cc1. The molecule has 0 saturated carbocycles. The Balaban J connectivity index is 2.37. The van der Waals surface area contributed by atoms with Crippen molar-refractivity contribution in [2.75, 3.05) is 12.5 Å². The third kappa shape index (κ3) is 2.70. The van der Waals surface area contributed by atoms with Crippen LogP contribution in [0.5, 0.6) is 0 Å². The maximum absolute atomic E-state index is 11.3. The zero-order valence-electron chi connectivity index (χ0n) is 9.94. The van der Waals surface area contributed by atoms with Gasteiger partial charge in [0.15, 0.2) is 15.7 Å². The van der Waals surface area contributed by atoms with Crippen LogP contribution in [-0.4, -0.2) is 41.1 Å². The van der Waals surface area contributed by atoms with Gasteiger partial charge in [0.25, 0.3) is 0 Å². The van der Waals surface area contributed by atoms with E-state index >= 15 is 0 Å². The summed E-state index contributed by atoms with van der Waals surface area (Å²) in [5.41, 5.74) is 0.747. The predicted molar refractivity (Wildman–Crippen MR) is 69.5 cm³/mol. The molecule has 2 aromatic rings. The van der Waals surface area contributed by atoms with E-state index in [0.29, 0.717) is 5.75 Å². The molecular formula is C10H12N4O2S2. The van der Waals surface area contributed by atoms with Gasteiger partial charge in [0, 0.05) is 6.26 Å². The van der Waals surface area contributed by atoms with Crippen molar-refractivity contribution < 1.29 is 8.42 Å². The lowest BCUT2D eigenvalue weighted by atomic mass is 10.3. The molecule has 0 aliphatic rings.